The van der Waals surface area contributed by atoms with Crippen molar-refractivity contribution >= 4 is 31.9 Å². The second-order valence-electron chi connectivity index (χ2n) is 2.98. The average molecular weight is 307 g/mol. The number of benzene rings is 1. The van der Waals surface area contributed by atoms with Crippen LogP contribution in [0.3, 0.4) is 0 Å². The zero-order valence-corrected chi connectivity index (χ0v) is 10.6. The Labute approximate surface area is 96.0 Å². The molecule has 72 valence electrons. The number of unbranched alkanes of at least 4 members (excludes halogenated alkanes) is 1. The van der Waals surface area contributed by atoms with E-state index in [1.807, 2.05) is 6.07 Å². The molecule has 0 fully saturated rings. The molecule has 1 aromatic carbocycles. The highest BCUT2D eigenvalue weighted by molar-refractivity contribution is 9.11. The molecule has 0 atom stereocenters. The van der Waals surface area contributed by atoms with E-state index in [9.17, 15) is 0 Å². The van der Waals surface area contributed by atoms with Crippen LogP contribution in [0.2, 0.25) is 0 Å². The van der Waals surface area contributed by atoms with Gasteiger partial charge in [0.2, 0.25) is 0 Å². The summed E-state index contributed by atoms with van der Waals surface area (Å²) in [6, 6.07) is 6.26. The van der Waals surface area contributed by atoms with Crippen LogP contribution in [0.1, 0.15) is 18.4 Å². The molecule has 0 aromatic heterocycles. The summed E-state index contributed by atoms with van der Waals surface area (Å²) in [6.45, 7) is 0.783. The molecule has 0 aliphatic heterocycles. The maximum absolute atomic E-state index is 5.44. The van der Waals surface area contributed by atoms with Gasteiger partial charge >= 0.3 is 0 Å². The molecule has 0 saturated heterocycles. The predicted molar refractivity (Wildman–Crippen MR) is 63.8 cm³/mol. The predicted octanol–water partition coefficient (Wildman–Crippen LogP) is 3.49. The summed E-state index contributed by atoms with van der Waals surface area (Å²) >= 11 is 6.99. The first-order valence-corrected chi connectivity index (χ1v) is 5.96. The van der Waals surface area contributed by atoms with E-state index < -0.39 is 0 Å². The van der Waals surface area contributed by atoms with Crippen molar-refractivity contribution in [2.75, 3.05) is 6.54 Å². The van der Waals surface area contributed by atoms with Gasteiger partial charge in [-0.05, 0) is 49.6 Å². The summed E-state index contributed by atoms with van der Waals surface area (Å²) in [5.74, 6) is 0. The average Bonchev–Trinajstić information content (AvgIpc) is 2.11. The lowest BCUT2D eigenvalue weighted by atomic mass is 10.1. The normalized spacial score (nSPS) is 10.4. The first-order chi connectivity index (χ1) is 6.24. The molecule has 0 bridgehead atoms. The van der Waals surface area contributed by atoms with Gasteiger partial charge in [0.1, 0.15) is 0 Å². The van der Waals surface area contributed by atoms with E-state index in [1.54, 1.807) is 0 Å². The molecule has 0 spiro atoms. The van der Waals surface area contributed by atoms with E-state index in [2.05, 4.69) is 44.0 Å². The molecule has 0 radical (unpaired) electrons. The van der Waals surface area contributed by atoms with Crippen LogP contribution in [-0.4, -0.2) is 6.54 Å². The SMILES string of the molecule is NCCCCc1cc(Br)ccc1Br. The van der Waals surface area contributed by atoms with Crippen molar-refractivity contribution in [3.63, 3.8) is 0 Å². The van der Waals surface area contributed by atoms with Crippen molar-refractivity contribution < 1.29 is 0 Å². The van der Waals surface area contributed by atoms with Crippen LogP contribution >= 0.6 is 31.9 Å². The molecular weight excluding hydrogens is 294 g/mol. The molecule has 0 heterocycles. The number of rotatable bonds is 4. The monoisotopic (exact) mass is 305 g/mol. The van der Waals surface area contributed by atoms with Gasteiger partial charge in [0.05, 0.1) is 0 Å². The third kappa shape index (κ3) is 3.79. The highest BCUT2D eigenvalue weighted by atomic mass is 79.9. The van der Waals surface area contributed by atoms with Crippen LogP contribution in [0.4, 0.5) is 0 Å². The first kappa shape index (κ1) is 11.2. The third-order valence-electron chi connectivity index (χ3n) is 1.91. The number of hydrogen-bond donors (Lipinski definition) is 1. The molecule has 2 N–H and O–H groups in total. The van der Waals surface area contributed by atoms with Gasteiger partial charge in [0, 0.05) is 8.95 Å². The van der Waals surface area contributed by atoms with Gasteiger partial charge in [-0.25, -0.2) is 0 Å². The van der Waals surface area contributed by atoms with Crippen LogP contribution in [0, 0.1) is 0 Å². The summed E-state index contributed by atoms with van der Waals surface area (Å²) in [5, 5.41) is 0. The largest absolute Gasteiger partial charge is 0.330 e. The maximum atomic E-state index is 5.44. The van der Waals surface area contributed by atoms with Crippen LogP contribution in [0.5, 0.6) is 0 Å². The zero-order chi connectivity index (χ0) is 9.68. The molecule has 13 heavy (non-hydrogen) atoms. The Balaban J connectivity index is 2.59. The maximum Gasteiger partial charge on any atom is 0.0208 e. The highest BCUT2D eigenvalue weighted by Crippen LogP contribution is 2.22. The standard InChI is InChI=1S/C10H13Br2N/c11-9-4-5-10(12)8(7-9)3-1-2-6-13/h4-5,7H,1-3,6,13H2. The number of hydrogen-bond acceptors (Lipinski definition) is 1. The lowest BCUT2D eigenvalue weighted by molar-refractivity contribution is 0.743. The van der Waals surface area contributed by atoms with E-state index in [0.29, 0.717) is 0 Å². The number of nitrogens with two attached hydrogens (primary N) is 1. The van der Waals surface area contributed by atoms with E-state index >= 15 is 0 Å². The van der Waals surface area contributed by atoms with Crippen LogP contribution in [-0.2, 0) is 6.42 Å². The molecule has 0 aliphatic carbocycles. The number of aryl methyl sites for hydroxylation is 1. The molecule has 1 nitrogen and oxygen atoms in total. The second kappa shape index (κ2) is 5.78. The highest BCUT2D eigenvalue weighted by Gasteiger charge is 1.99. The molecule has 0 saturated carbocycles. The minimum Gasteiger partial charge on any atom is -0.330 e. The molecule has 1 rings (SSSR count). The topological polar surface area (TPSA) is 26.0 Å². The van der Waals surface area contributed by atoms with Crippen LogP contribution in [0.25, 0.3) is 0 Å². The quantitative estimate of drug-likeness (QED) is 0.847. The number of halogens is 2. The van der Waals surface area contributed by atoms with Gasteiger partial charge in [-0.1, -0.05) is 31.9 Å². The Morgan fingerprint density at radius 2 is 1.92 bits per heavy atom. The Hall–Kier alpha value is 0.140. The minimum absolute atomic E-state index is 0.783. The Kier molecular flexibility index (Phi) is 4.99. The van der Waals surface area contributed by atoms with E-state index in [1.165, 1.54) is 10.0 Å². The van der Waals surface area contributed by atoms with Crippen molar-refractivity contribution in [3.05, 3.63) is 32.7 Å². The summed E-state index contributed by atoms with van der Waals surface area (Å²) in [4.78, 5) is 0. The molecule has 0 unspecified atom stereocenters. The van der Waals surface area contributed by atoms with Crippen molar-refractivity contribution in [2.45, 2.75) is 19.3 Å². The fraction of sp³-hybridized carbons (Fsp3) is 0.400. The van der Waals surface area contributed by atoms with Crippen molar-refractivity contribution in [3.8, 4) is 0 Å². The molecule has 1 aromatic rings. The molecule has 3 heteroatoms. The zero-order valence-electron chi connectivity index (χ0n) is 7.39. The fourth-order valence-corrected chi connectivity index (χ4v) is 2.05. The van der Waals surface area contributed by atoms with Gasteiger partial charge in [0.25, 0.3) is 0 Å². The molecular formula is C10H13Br2N. The van der Waals surface area contributed by atoms with Crippen LogP contribution in [0.15, 0.2) is 27.1 Å². The van der Waals surface area contributed by atoms with E-state index in [4.69, 9.17) is 5.73 Å². The van der Waals surface area contributed by atoms with Crippen LogP contribution < -0.4 is 5.73 Å². The Bertz CT molecular complexity index is 274. The van der Waals surface area contributed by atoms with Crippen molar-refractivity contribution in [1.29, 1.82) is 0 Å². The summed E-state index contributed by atoms with van der Waals surface area (Å²) < 4.78 is 2.33. The van der Waals surface area contributed by atoms with Gasteiger partial charge in [-0.2, -0.15) is 0 Å². The van der Waals surface area contributed by atoms with Gasteiger partial charge in [-0.3, -0.25) is 0 Å². The van der Waals surface area contributed by atoms with Crippen molar-refractivity contribution in [2.24, 2.45) is 5.73 Å². The summed E-state index contributed by atoms with van der Waals surface area (Å²) in [7, 11) is 0. The lowest BCUT2D eigenvalue weighted by Gasteiger charge is -2.04. The Morgan fingerprint density at radius 3 is 2.62 bits per heavy atom. The second-order valence-corrected chi connectivity index (χ2v) is 4.75. The minimum atomic E-state index is 0.783. The van der Waals surface area contributed by atoms with E-state index in [0.717, 1.165) is 30.3 Å². The van der Waals surface area contributed by atoms with Gasteiger partial charge < -0.3 is 5.73 Å². The van der Waals surface area contributed by atoms with E-state index in [-0.39, 0.29) is 0 Å². The summed E-state index contributed by atoms with van der Waals surface area (Å²) in [5.41, 5.74) is 6.79. The molecule has 0 aliphatic rings. The van der Waals surface area contributed by atoms with Gasteiger partial charge in [-0.15, -0.1) is 0 Å². The van der Waals surface area contributed by atoms with Gasteiger partial charge in [0.15, 0.2) is 0 Å². The fourth-order valence-electron chi connectivity index (χ4n) is 1.19. The first-order valence-electron chi connectivity index (χ1n) is 4.38. The lowest BCUT2D eigenvalue weighted by Crippen LogP contribution is -1.99. The third-order valence-corrected chi connectivity index (χ3v) is 3.17. The van der Waals surface area contributed by atoms with Crippen molar-refractivity contribution in [1.82, 2.24) is 0 Å². The Morgan fingerprint density at radius 1 is 1.15 bits per heavy atom. The summed E-state index contributed by atoms with van der Waals surface area (Å²) in [6.07, 6.45) is 3.35. The smallest absolute Gasteiger partial charge is 0.0208 e. The molecule has 0 amide bonds.